The first kappa shape index (κ1) is 16.7. The average Bonchev–Trinajstić information content (AvgIpc) is 3.04. The third-order valence-electron chi connectivity index (χ3n) is 6.48. The summed E-state index contributed by atoms with van der Waals surface area (Å²) in [7, 11) is 0. The lowest BCUT2D eigenvalue weighted by Crippen LogP contribution is -2.47. The predicted octanol–water partition coefficient (Wildman–Crippen LogP) is 2.69. The van der Waals surface area contributed by atoms with Crippen LogP contribution in [0.1, 0.15) is 58.3 Å². The van der Waals surface area contributed by atoms with Gasteiger partial charge in [0, 0.05) is 26.3 Å². The van der Waals surface area contributed by atoms with Gasteiger partial charge in [0.05, 0.1) is 11.3 Å². The summed E-state index contributed by atoms with van der Waals surface area (Å²) in [4.78, 5) is 26.3. The molecule has 1 N–H and O–H groups in total. The highest BCUT2D eigenvalue weighted by atomic mass is 16.5. The van der Waals surface area contributed by atoms with Crippen molar-refractivity contribution in [3.63, 3.8) is 0 Å². The van der Waals surface area contributed by atoms with Crippen LogP contribution in [-0.4, -0.2) is 48.2 Å². The molecule has 1 spiro atoms. The van der Waals surface area contributed by atoms with E-state index in [1.54, 1.807) is 0 Å². The van der Waals surface area contributed by atoms with Gasteiger partial charge in [-0.2, -0.15) is 0 Å². The fourth-order valence-electron chi connectivity index (χ4n) is 4.77. The molecule has 1 amide bonds. The lowest BCUT2D eigenvalue weighted by Gasteiger charge is -2.39. The fraction of sp³-hybridized carbons (Fsp3) is 0.889. The third-order valence-corrected chi connectivity index (χ3v) is 6.48. The van der Waals surface area contributed by atoms with Crippen LogP contribution in [0.25, 0.3) is 0 Å². The van der Waals surface area contributed by atoms with Crippen LogP contribution in [0.3, 0.4) is 0 Å². The summed E-state index contributed by atoms with van der Waals surface area (Å²) >= 11 is 0. The lowest BCUT2D eigenvalue weighted by atomic mass is 9.80. The summed E-state index contributed by atoms with van der Waals surface area (Å²) in [6.45, 7) is 4.83. The number of amides is 1. The second-order valence-electron chi connectivity index (χ2n) is 7.68. The summed E-state index contributed by atoms with van der Waals surface area (Å²) in [5, 5.41) is 9.19. The van der Waals surface area contributed by atoms with Gasteiger partial charge in [0.1, 0.15) is 0 Å². The number of hydrogen-bond donors (Lipinski definition) is 1. The molecule has 0 aromatic rings. The Balaban J connectivity index is 1.58. The number of nitrogens with zero attached hydrogens (tertiary/aromatic N) is 1. The number of carbonyl (C=O) groups is 2. The van der Waals surface area contributed by atoms with E-state index in [1.807, 2.05) is 11.8 Å². The molecule has 3 aliphatic rings. The minimum Gasteiger partial charge on any atom is -0.481 e. The van der Waals surface area contributed by atoms with Gasteiger partial charge in [-0.05, 0) is 50.9 Å². The van der Waals surface area contributed by atoms with Crippen molar-refractivity contribution in [1.82, 2.24) is 4.90 Å². The smallest absolute Gasteiger partial charge is 0.307 e. The molecule has 0 radical (unpaired) electrons. The molecule has 3 rings (SSSR count). The Morgan fingerprint density at radius 3 is 2.35 bits per heavy atom. The summed E-state index contributed by atoms with van der Waals surface area (Å²) in [5.41, 5.74) is -0.216. The van der Waals surface area contributed by atoms with E-state index in [-0.39, 0.29) is 16.7 Å². The maximum Gasteiger partial charge on any atom is 0.307 e. The van der Waals surface area contributed by atoms with E-state index in [4.69, 9.17) is 4.74 Å². The molecular weight excluding hydrogens is 294 g/mol. The Morgan fingerprint density at radius 1 is 1.17 bits per heavy atom. The fourth-order valence-corrected chi connectivity index (χ4v) is 4.77. The van der Waals surface area contributed by atoms with Crippen molar-refractivity contribution < 1.29 is 19.4 Å². The monoisotopic (exact) mass is 323 g/mol. The SMILES string of the molecule is CCOCCC1(C(=O)N2CCC3(CC2)CC3C(=O)O)CCCC1. The zero-order valence-electron chi connectivity index (χ0n) is 14.2. The van der Waals surface area contributed by atoms with Crippen molar-refractivity contribution in [3.05, 3.63) is 0 Å². The summed E-state index contributed by atoms with van der Waals surface area (Å²) in [6, 6.07) is 0. The standard InChI is InChI=1S/C18H29NO4/c1-2-23-12-9-17(5-3-4-6-17)16(22)19-10-7-18(8-11-19)13-14(18)15(20)21/h14H,2-13H2,1H3,(H,20,21). The third kappa shape index (κ3) is 3.12. The van der Waals surface area contributed by atoms with Crippen molar-refractivity contribution in [2.75, 3.05) is 26.3 Å². The second kappa shape index (κ2) is 6.42. The van der Waals surface area contributed by atoms with Gasteiger partial charge in [-0.1, -0.05) is 12.8 Å². The van der Waals surface area contributed by atoms with E-state index in [9.17, 15) is 14.7 Å². The zero-order chi connectivity index (χ0) is 16.5. The van der Waals surface area contributed by atoms with Gasteiger partial charge in [-0.25, -0.2) is 0 Å². The van der Waals surface area contributed by atoms with Gasteiger partial charge < -0.3 is 14.7 Å². The van der Waals surface area contributed by atoms with Crippen molar-refractivity contribution >= 4 is 11.9 Å². The largest absolute Gasteiger partial charge is 0.481 e. The van der Waals surface area contributed by atoms with Crippen LogP contribution in [0.15, 0.2) is 0 Å². The van der Waals surface area contributed by atoms with Crippen molar-refractivity contribution in [3.8, 4) is 0 Å². The van der Waals surface area contributed by atoms with Crippen LogP contribution >= 0.6 is 0 Å². The van der Waals surface area contributed by atoms with Gasteiger partial charge in [0.25, 0.3) is 0 Å². The second-order valence-corrected chi connectivity index (χ2v) is 7.68. The zero-order valence-corrected chi connectivity index (χ0v) is 14.2. The minimum atomic E-state index is -0.659. The first-order valence-electron chi connectivity index (χ1n) is 9.13. The van der Waals surface area contributed by atoms with Gasteiger partial charge in [0.15, 0.2) is 0 Å². The normalized spacial score (nSPS) is 28.0. The minimum absolute atomic E-state index is 0.00320. The summed E-state index contributed by atoms with van der Waals surface area (Å²) in [6.07, 6.45) is 7.59. The van der Waals surface area contributed by atoms with E-state index in [1.165, 1.54) is 0 Å². The Kier molecular flexibility index (Phi) is 4.68. The lowest BCUT2D eigenvalue weighted by molar-refractivity contribution is -0.145. The molecule has 1 heterocycles. The molecule has 1 unspecified atom stereocenters. The first-order valence-corrected chi connectivity index (χ1v) is 9.13. The van der Waals surface area contributed by atoms with Gasteiger partial charge in [-0.15, -0.1) is 0 Å². The summed E-state index contributed by atoms with van der Waals surface area (Å²) in [5.74, 6) is -0.524. The highest BCUT2D eigenvalue weighted by Gasteiger charge is 2.59. The molecule has 23 heavy (non-hydrogen) atoms. The number of ether oxygens (including phenoxy) is 1. The van der Waals surface area contributed by atoms with Crippen LogP contribution in [0, 0.1) is 16.7 Å². The number of piperidine rings is 1. The van der Waals surface area contributed by atoms with Crippen molar-refractivity contribution in [2.24, 2.45) is 16.7 Å². The molecule has 0 aromatic heterocycles. The van der Waals surface area contributed by atoms with E-state index in [2.05, 4.69) is 0 Å². The molecule has 2 saturated carbocycles. The number of aliphatic carboxylic acids is 1. The Morgan fingerprint density at radius 2 is 1.83 bits per heavy atom. The Bertz CT molecular complexity index is 462. The van der Waals surface area contributed by atoms with Gasteiger partial charge in [0.2, 0.25) is 5.91 Å². The molecule has 130 valence electrons. The van der Waals surface area contributed by atoms with Crippen LogP contribution in [0.5, 0.6) is 0 Å². The average molecular weight is 323 g/mol. The molecule has 3 fully saturated rings. The quantitative estimate of drug-likeness (QED) is 0.763. The highest BCUT2D eigenvalue weighted by Crippen LogP contribution is 2.59. The number of carbonyl (C=O) groups excluding carboxylic acids is 1. The van der Waals surface area contributed by atoms with E-state index in [0.29, 0.717) is 19.1 Å². The maximum atomic E-state index is 13.1. The van der Waals surface area contributed by atoms with Crippen LogP contribution in [0.2, 0.25) is 0 Å². The van der Waals surface area contributed by atoms with E-state index >= 15 is 0 Å². The van der Waals surface area contributed by atoms with Crippen LogP contribution < -0.4 is 0 Å². The topological polar surface area (TPSA) is 66.8 Å². The van der Waals surface area contributed by atoms with Crippen LogP contribution in [0.4, 0.5) is 0 Å². The molecule has 5 nitrogen and oxygen atoms in total. The number of hydrogen-bond acceptors (Lipinski definition) is 3. The number of rotatable bonds is 6. The van der Waals surface area contributed by atoms with Crippen LogP contribution in [-0.2, 0) is 14.3 Å². The van der Waals surface area contributed by atoms with E-state index < -0.39 is 5.97 Å². The van der Waals surface area contributed by atoms with Crippen molar-refractivity contribution in [2.45, 2.75) is 58.3 Å². The van der Waals surface area contributed by atoms with Gasteiger partial charge >= 0.3 is 5.97 Å². The predicted molar refractivity (Wildman–Crippen MR) is 86.0 cm³/mol. The van der Waals surface area contributed by atoms with Crippen molar-refractivity contribution in [1.29, 1.82) is 0 Å². The number of carboxylic acid groups (broad SMARTS) is 1. The molecule has 1 saturated heterocycles. The number of likely N-dealkylation sites (tertiary alicyclic amines) is 1. The highest BCUT2D eigenvalue weighted by molar-refractivity contribution is 5.83. The molecule has 1 aliphatic heterocycles. The Hall–Kier alpha value is -1.10. The molecular formula is C18H29NO4. The first-order chi connectivity index (χ1) is 11.0. The molecule has 2 aliphatic carbocycles. The molecule has 1 atom stereocenters. The van der Waals surface area contributed by atoms with Gasteiger partial charge in [-0.3, -0.25) is 9.59 Å². The Labute approximate surface area is 138 Å². The maximum absolute atomic E-state index is 13.1. The number of carboxylic acids is 1. The van der Waals surface area contributed by atoms with E-state index in [0.717, 1.165) is 64.5 Å². The molecule has 0 aromatic carbocycles. The molecule has 5 heteroatoms. The molecule has 0 bridgehead atoms. The summed E-state index contributed by atoms with van der Waals surface area (Å²) < 4.78 is 5.51.